The van der Waals surface area contributed by atoms with Crippen molar-refractivity contribution in [3.05, 3.63) is 81.5 Å². The van der Waals surface area contributed by atoms with Gasteiger partial charge in [-0.3, -0.25) is 19.7 Å². The van der Waals surface area contributed by atoms with Gasteiger partial charge >= 0.3 is 5.97 Å². The molecule has 2 aromatic carbocycles. The third-order valence-corrected chi connectivity index (χ3v) is 4.14. The van der Waals surface area contributed by atoms with Crippen LogP contribution in [0.15, 0.2) is 60.3 Å². The minimum atomic E-state index is -1.22. The van der Waals surface area contributed by atoms with Crippen LogP contribution in [0.2, 0.25) is 0 Å². The Balaban J connectivity index is 2.40. The molecule has 3 N–H and O–H groups in total. The summed E-state index contributed by atoms with van der Waals surface area (Å²) >= 11 is 0. The van der Waals surface area contributed by atoms with E-state index in [-0.39, 0.29) is 16.9 Å². The van der Waals surface area contributed by atoms with E-state index in [1.54, 1.807) is 44.2 Å². The van der Waals surface area contributed by atoms with Gasteiger partial charge < -0.3 is 15.7 Å². The van der Waals surface area contributed by atoms with Crippen molar-refractivity contribution in [1.29, 1.82) is 0 Å². The molecule has 0 fully saturated rings. The number of non-ortho nitro benzene ring substituents is 1. The predicted octanol–water partition coefficient (Wildman–Crippen LogP) is 2.59. The van der Waals surface area contributed by atoms with E-state index in [4.69, 9.17) is 0 Å². The van der Waals surface area contributed by atoms with Gasteiger partial charge in [-0.15, -0.1) is 0 Å². The molecule has 0 saturated carbocycles. The first-order valence-corrected chi connectivity index (χ1v) is 9.05. The molecule has 0 saturated heterocycles. The van der Waals surface area contributed by atoms with Crippen LogP contribution in [0.25, 0.3) is 6.08 Å². The number of aliphatic carboxylic acids is 1. The fraction of sp³-hybridized carbons (Fsp3) is 0.190. The second-order valence-electron chi connectivity index (χ2n) is 6.76. The van der Waals surface area contributed by atoms with Gasteiger partial charge in [-0.25, -0.2) is 4.79 Å². The lowest BCUT2D eigenvalue weighted by molar-refractivity contribution is -0.384. The summed E-state index contributed by atoms with van der Waals surface area (Å²) < 4.78 is 0. The Kier molecular flexibility index (Phi) is 7.40. The quantitative estimate of drug-likeness (QED) is 0.347. The molecule has 156 valence electrons. The van der Waals surface area contributed by atoms with E-state index >= 15 is 0 Å². The number of rotatable bonds is 8. The first kappa shape index (κ1) is 22.3. The number of carboxylic acids is 1. The topological polar surface area (TPSA) is 139 Å². The summed E-state index contributed by atoms with van der Waals surface area (Å²) in [6.07, 6.45) is 1.25. The largest absolute Gasteiger partial charge is 0.480 e. The number of carboxylic acid groups (broad SMARTS) is 1. The summed E-state index contributed by atoms with van der Waals surface area (Å²) in [5, 5.41) is 25.2. The second-order valence-corrected chi connectivity index (χ2v) is 6.76. The summed E-state index contributed by atoms with van der Waals surface area (Å²) in [7, 11) is 0. The molecule has 0 aliphatic carbocycles. The lowest BCUT2D eigenvalue weighted by Crippen LogP contribution is -2.47. The zero-order chi connectivity index (χ0) is 22.3. The van der Waals surface area contributed by atoms with Crippen molar-refractivity contribution in [2.45, 2.75) is 19.9 Å². The van der Waals surface area contributed by atoms with Crippen LogP contribution >= 0.6 is 0 Å². The Morgan fingerprint density at radius 3 is 2.30 bits per heavy atom. The van der Waals surface area contributed by atoms with E-state index in [1.165, 1.54) is 30.3 Å². The summed E-state index contributed by atoms with van der Waals surface area (Å²) in [6, 6.07) is 12.4. The molecule has 0 aliphatic heterocycles. The molecule has 0 radical (unpaired) electrons. The Labute approximate surface area is 172 Å². The number of nitro groups is 1. The number of nitro benzene ring substituents is 1. The number of hydrogen-bond donors (Lipinski definition) is 3. The minimum absolute atomic E-state index is 0.191. The monoisotopic (exact) mass is 411 g/mol. The van der Waals surface area contributed by atoms with Gasteiger partial charge in [-0.05, 0) is 29.7 Å². The summed E-state index contributed by atoms with van der Waals surface area (Å²) in [4.78, 5) is 47.1. The number of carbonyl (C=O) groups is 3. The first-order valence-electron chi connectivity index (χ1n) is 9.05. The molecule has 0 aliphatic rings. The summed E-state index contributed by atoms with van der Waals surface area (Å²) in [5.41, 5.74) is 0.146. The maximum Gasteiger partial charge on any atom is 0.326 e. The number of nitrogens with one attached hydrogen (secondary N) is 2. The average molecular weight is 411 g/mol. The average Bonchev–Trinajstić information content (AvgIpc) is 2.71. The van der Waals surface area contributed by atoms with Crippen LogP contribution in [0.1, 0.15) is 29.8 Å². The molecule has 9 nitrogen and oxygen atoms in total. The molecule has 2 amide bonds. The number of amides is 2. The van der Waals surface area contributed by atoms with E-state index in [9.17, 15) is 29.6 Å². The summed E-state index contributed by atoms with van der Waals surface area (Å²) in [6.45, 7) is 3.26. The fourth-order valence-electron chi connectivity index (χ4n) is 2.57. The van der Waals surface area contributed by atoms with Crippen LogP contribution in [0, 0.1) is 16.0 Å². The van der Waals surface area contributed by atoms with Crippen molar-refractivity contribution in [3.63, 3.8) is 0 Å². The van der Waals surface area contributed by atoms with Gasteiger partial charge in [-0.1, -0.05) is 44.2 Å². The van der Waals surface area contributed by atoms with Gasteiger partial charge in [0.25, 0.3) is 17.5 Å². The minimum Gasteiger partial charge on any atom is -0.480 e. The zero-order valence-corrected chi connectivity index (χ0v) is 16.4. The van der Waals surface area contributed by atoms with Gasteiger partial charge in [0.1, 0.15) is 11.7 Å². The van der Waals surface area contributed by atoms with Crippen molar-refractivity contribution >= 4 is 29.5 Å². The molecule has 0 aromatic heterocycles. The van der Waals surface area contributed by atoms with Crippen LogP contribution < -0.4 is 10.6 Å². The molecular formula is C21H21N3O6. The molecule has 1 atom stereocenters. The second kappa shape index (κ2) is 9.97. The van der Waals surface area contributed by atoms with Crippen LogP contribution in [0.5, 0.6) is 0 Å². The Morgan fingerprint density at radius 1 is 1.07 bits per heavy atom. The van der Waals surface area contributed by atoms with Gasteiger partial charge in [-0.2, -0.15) is 0 Å². The molecular weight excluding hydrogens is 390 g/mol. The molecule has 0 unspecified atom stereocenters. The van der Waals surface area contributed by atoms with Gasteiger partial charge in [0, 0.05) is 17.7 Å². The van der Waals surface area contributed by atoms with E-state index < -0.39 is 34.7 Å². The standard InChI is InChI=1S/C21H21N3O6/c1-13(2)18(21(27)28)23-20(26)17(22-19(25)15-8-4-3-5-9-15)12-14-7-6-10-16(11-14)24(29)30/h3-13,18H,1-2H3,(H,22,25)(H,23,26)(H,27,28)/b17-12-/t18-/m1/s1. The van der Waals surface area contributed by atoms with E-state index in [0.717, 1.165) is 0 Å². The molecule has 2 aromatic rings. The third kappa shape index (κ3) is 5.99. The van der Waals surface area contributed by atoms with Crippen LogP contribution in [0.4, 0.5) is 5.69 Å². The van der Waals surface area contributed by atoms with E-state index in [0.29, 0.717) is 5.56 Å². The fourth-order valence-corrected chi connectivity index (χ4v) is 2.57. The highest BCUT2D eigenvalue weighted by atomic mass is 16.6. The van der Waals surface area contributed by atoms with Gasteiger partial charge in [0.2, 0.25) is 0 Å². The van der Waals surface area contributed by atoms with Gasteiger partial charge in [0.05, 0.1) is 4.92 Å². The predicted molar refractivity (Wildman–Crippen MR) is 109 cm³/mol. The lowest BCUT2D eigenvalue weighted by atomic mass is 10.0. The Morgan fingerprint density at radius 2 is 1.73 bits per heavy atom. The zero-order valence-electron chi connectivity index (χ0n) is 16.4. The highest BCUT2D eigenvalue weighted by molar-refractivity contribution is 6.06. The van der Waals surface area contributed by atoms with Crippen LogP contribution in [-0.4, -0.2) is 33.9 Å². The number of carbonyl (C=O) groups excluding carboxylic acids is 2. The molecule has 0 bridgehead atoms. The SMILES string of the molecule is CC(C)[C@@H](NC(=O)/C(=C/c1cccc([N+](=O)[O-])c1)NC(=O)c1ccccc1)C(=O)O. The number of nitrogens with zero attached hydrogens (tertiary/aromatic N) is 1. The van der Waals surface area contributed by atoms with E-state index in [1.807, 2.05) is 0 Å². The van der Waals surface area contributed by atoms with Crippen molar-refractivity contribution in [2.24, 2.45) is 5.92 Å². The maximum atomic E-state index is 12.8. The van der Waals surface area contributed by atoms with Crippen molar-refractivity contribution in [2.75, 3.05) is 0 Å². The number of hydrogen-bond acceptors (Lipinski definition) is 5. The van der Waals surface area contributed by atoms with Crippen molar-refractivity contribution in [3.8, 4) is 0 Å². The Bertz CT molecular complexity index is 985. The van der Waals surface area contributed by atoms with Crippen LogP contribution in [0.3, 0.4) is 0 Å². The van der Waals surface area contributed by atoms with E-state index in [2.05, 4.69) is 10.6 Å². The molecule has 2 rings (SSSR count). The molecule has 30 heavy (non-hydrogen) atoms. The third-order valence-electron chi connectivity index (χ3n) is 4.14. The molecule has 9 heteroatoms. The maximum absolute atomic E-state index is 12.8. The normalized spacial score (nSPS) is 12.2. The summed E-state index contributed by atoms with van der Waals surface area (Å²) in [5.74, 6) is -3.04. The highest BCUT2D eigenvalue weighted by Crippen LogP contribution is 2.16. The first-order chi connectivity index (χ1) is 14.2. The van der Waals surface area contributed by atoms with Crippen molar-refractivity contribution in [1.82, 2.24) is 10.6 Å². The highest BCUT2D eigenvalue weighted by Gasteiger charge is 2.25. The van der Waals surface area contributed by atoms with Crippen molar-refractivity contribution < 1.29 is 24.4 Å². The molecule has 0 spiro atoms. The number of benzene rings is 2. The van der Waals surface area contributed by atoms with Gasteiger partial charge in [0.15, 0.2) is 0 Å². The lowest BCUT2D eigenvalue weighted by Gasteiger charge is -2.19. The van der Waals surface area contributed by atoms with Crippen LogP contribution in [-0.2, 0) is 9.59 Å². The Hall–Kier alpha value is -4.01. The smallest absolute Gasteiger partial charge is 0.326 e. The molecule has 0 heterocycles.